The Labute approximate surface area is 202 Å². The first-order chi connectivity index (χ1) is 16.4. The van der Waals surface area contributed by atoms with Crippen LogP contribution in [0.4, 0.5) is 0 Å². The lowest BCUT2D eigenvalue weighted by Crippen LogP contribution is -2.56. The zero-order valence-corrected chi connectivity index (χ0v) is 20.4. The Morgan fingerprint density at radius 3 is 2.56 bits per heavy atom. The molecule has 0 saturated carbocycles. The molecule has 1 amide bonds. The minimum Gasteiger partial charge on any atom is -0.480 e. The number of piperidine rings is 1. The molecule has 1 fully saturated rings. The summed E-state index contributed by atoms with van der Waals surface area (Å²) in [5, 5.41) is 16.3. The molecule has 2 aliphatic heterocycles. The second-order valence-corrected chi connectivity index (χ2v) is 9.46. The molecule has 0 radical (unpaired) electrons. The number of carboxylic acid groups (broad SMARTS) is 1. The van der Waals surface area contributed by atoms with Gasteiger partial charge in [-0.1, -0.05) is 43.5 Å². The van der Waals surface area contributed by atoms with E-state index >= 15 is 0 Å². The predicted molar refractivity (Wildman–Crippen MR) is 129 cm³/mol. The number of nitrogens with one attached hydrogen (secondary N) is 2. The van der Waals surface area contributed by atoms with Crippen molar-refractivity contribution in [2.75, 3.05) is 19.7 Å². The van der Waals surface area contributed by atoms with Crippen molar-refractivity contribution in [1.82, 2.24) is 15.5 Å². The van der Waals surface area contributed by atoms with Gasteiger partial charge < -0.3 is 20.1 Å². The van der Waals surface area contributed by atoms with Crippen LogP contribution < -0.4 is 10.6 Å². The molecule has 0 spiro atoms. The van der Waals surface area contributed by atoms with Crippen LogP contribution in [0.5, 0.6) is 0 Å². The Bertz CT molecular complexity index is 839. The van der Waals surface area contributed by atoms with Crippen molar-refractivity contribution >= 4 is 17.8 Å². The van der Waals surface area contributed by atoms with Gasteiger partial charge in [-0.15, -0.1) is 0 Å². The molecule has 0 aromatic heterocycles. The van der Waals surface area contributed by atoms with Crippen LogP contribution in [0.15, 0.2) is 24.3 Å². The number of rotatable bonds is 11. The molecule has 1 aromatic rings. The number of benzene rings is 1. The Hall–Kier alpha value is -2.45. The Kier molecular flexibility index (Phi) is 9.89. The first-order valence-corrected chi connectivity index (χ1v) is 12.6. The van der Waals surface area contributed by atoms with Gasteiger partial charge in [0.25, 0.3) is 0 Å². The number of hydrogen-bond donors (Lipinski definition) is 3. The molecule has 2 aliphatic rings. The highest BCUT2D eigenvalue weighted by molar-refractivity contribution is 5.88. The molecule has 3 atom stereocenters. The van der Waals surface area contributed by atoms with Gasteiger partial charge in [0.1, 0.15) is 12.1 Å². The number of amides is 1. The summed E-state index contributed by atoms with van der Waals surface area (Å²) in [6.45, 7) is 6.15. The molecule has 3 N–H and O–H groups in total. The minimum atomic E-state index is -1.02. The third-order valence-corrected chi connectivity index (χ3v) is 7.02. The minimum absolute atomic E-state index is 0.248. The normalized spacial score (nSPS) is 20.3. The topological polar surface area (TPSA) is 108 Å². The van der Waals surface area contributed by atoms with Gasteiger partial charge >= 0.3 is 11.9 Å². The molecule has 188 valence electrons. The summed E-state index contributed by atoms with van der Waals surface area (Å²) < 4.78 is 5.25. The molecule has 0 bridgehead atoms. The van der Waals surface area contributed by atoms with Crippen LogP contribution in [0.1, 0.15) is 63.5 Å². The fourth-order valence-electron chi connectivity index (χ4n) is 5.06. The maximum atomic E-state index is 13.3. The summed E-state index contributed by atoms with van der Waals surface area (Å²) in [6.07, 6.45) is 6.34. The van der Waals surface area contributed by atoms with E-state index in [1.165, 1.54) is 17.7 Å². The third kappa shape index (κ3) is 7.03. The number of fused-ring (bicyclic) bond motifs is 1. The van der Waals surface area contributed by atoms with E-state index in [2.05, 4.69) is 10.6 Å². The quantitative estimate of drug-likeness (QED) is 0.335. The lowest BCUT2D eigenvalue weighted by Gasteiger charge is -2.36. The summed E-state index contributed by atoms with van der Waals surface area (Å²) in [5.74, 6) is -0.950. The number of nitrogens with zero attached hydrogens (tertiary/aromatic N) is 1. The van der Waals surface area contributed by atoms with Crippen LogP contribution in [0.2, 0.25) is 0 Å². The highest BCUT2D eigenvalue weighted by atomic mass is 16.5. The molecule has 1 aromatic carbocycles. The van der Waals surface area contributed by atoms with Crippen molar-refractivity contribution in [3.8, 4) is 0 Å². The largest absolute Gasteiger partial charge is 0.480 e. The van der Waals surface area contributed by atoms with Crippen LogP contribution in [0.3, 0.4) is 0 Å². The van der Waals surface area contributed by atoms with Gasteiger partial charge in [0.05, 0.1) is 12.6 Å². The Balaban J connectivity index is 1.60. The van der Waals surface area contributed by atoms with Crippen molar-refractivity contribution in [3.05, 3.63) is 35.4 Å². The standard InChI is InChI=1S/C26H39N3O5/c1-3-34-26(33)22(11-7-4-8-19-12-14-27-15-13-19)28-18(2)24(30)29-17-21-10-6-5-9-20(21)16-23(29)25(31)32/h5-6,9-10,18-19,22-23,27-28H,3-4,7-8,11-17H2,1-2H3,(H,31,32)/t18-,22?,23?/m0/s1. The van der Waals surface area contributed by atoms with E-state index in [1.54, 1.807) is 13.8 Å². The van der Waals surface area contributed by atoms with Crippen molar-refractivity contribution in [2.45, 2.75) is 83.5 Å². The third-order valence-electron chi connectivity index (χ3n) is 7.02. The van der Waals surface area contributed by atoms with Crippen LogP contribution in [0.25, 0.3) is 0 Å². The summed E-state index contributed by atoms with van der Waals surface area (Å²) in [4.78, 5) is 39.3. The first kappa shape index (κ1) is 26.2. The number of unbranched alkanes of at least 4 members (excludes halogenated alkanes) is 1. The van der Waals surface area contributed by atoms with E-state index in [-0.39, 0.29) is 31.4 Å². The lowest BCUT2D eigenvalue weighted by molar-refractivity contribution is -0.153. The molecule has 0 aliphatic carbocycles. The van der Waals surface area contributed by atoms with Crippen molar-refractivity contribution < 1.29 is 24.2 Å². The van der Waals surface area contributed by atoms with Crippen molar-refractivity contribution in [1.29, 1.82) is 0 Å². The second-order valence-electron chi connectivity index (χ2n) is 9.46. The zero-order valence-electron chi connectivity index (χ0n) is 20.4. The molecule has 2 unspecified atom stereocenters. The monoisotopic (exact) mass is 473 g/mol. The molecule has 8 heteroatoms. The van der Waals surface area contributed by atoms with E-state index in [9.17, 15) is 19.5 Å². The van der Waals surface area contributed by atoms with Gasteiger partial charge in [0.15, 0.2) is 0 Å². The Morgan fingerprint density at radius 2 is 1.88 bits per heavy atom. The summed E-state index contributed by atoms with van der Waals surface area (Å²) in [6, 6.07) is 5.40. The van der Waals surface area contributed by atoms with Gasteiger partial charge in [-0.2, -0.15) is 0 Å². The van der Waals surface area contributed by atoms with Crippen molar-refractivity contribution in [2.24, 2.45) is 5.92 Å². The lowest BCUT2D eigenvalue weighted by atomic mass is 9.91. The average molecular weight is 474 g/mol. The van der Waals surface area contributed by atoms with E-state index < -0.39 is 24.1 Å². The predicted octanol–water partition coefficient (Wildman–Crippen LogP) is 2.49. The number of esters is 1. The molecule has 1 saturated heterocycles. The molecular weight excluding hydrogens is 434 g/mol. The number of carboxylic acids is 1. The van der Waals surface area contributed by atoms with Gasteiger partial charge in [0, 0.05) is 13.0 Å². The maximum absolute atomic E-state index is 13.3. The van der Waals surface area contributed by atoms with Gasteiger partial charge in [-0.25, -0.2) is 4.79 Å². The highest BCUT2D eigenvalue weighted by Gasteiger charge is 2.37. The number of ether oxygens (including phenoxy) is 1. The van der Waals surface area contributed by atoms with Gasteiger partial charge in [-0.3, -0.25) is 14.9 Å². The van der Waals surface area contributed by atoms with Crippen LogP contribution in [0, 0.1) is 5.92 Å². The van der Waals surface area contributed by atoms with E-state index in [4.69, 9.17) is 4.74 Å². The SMILES string of the molecule is CCOC(=O)C(CCCCC1CCNCC1)N[C@@H](C)C(=O)N1Cc2ccccc2CC1C(=O)O. The number of aliphatic carboxylic acids is 1. The summed E-state index contributed by atoms with van der Waals surface area (Å²) >= 11 is 0. The first-order valence-electron chi connectivity index (χ1n) is 12.6. The van der Waals surface area contributed by atoms with Gasteiger partial charge in [-0.05, 0) is 63.2 Å². The molecular formula is C26H39N3O5. The van der Waals surface area contributed by atoms with E-state index in [0.717, 1.165) is 49.4 Å². The molecule has 3 rings (SSSR count). The molecule has 2 heterocycles. The maximum Gasteiger partial charge on any atom is 0.326 e. The van der Waals surface area contributed by atoms with E-state index in [0.29, 0.717) is 6.42 Å². The van der Waals surface area contributed by atoms with Gasteiger partial charge in [0.2, 0.25) is 5.91 Å². The van der Waals surface area contributed by atoms with E-state index in [1.807, 2.05) is 24.3 Å². The van der Waals surface area contributed by atoms with Crippen LogP contribution >= 0.6 is 0 Å². The average Bonchev–Trinajstić information content (AvgIpc) is 2.85. The zero-order chi connectivity index (χ0) is 24.5. The number of hydrogen-bond acceptors (Lipinski definition) is 6. The summed E-state index contributed by atoms with van der Waals surface area (Å²) in [7, 11) is 0. The highest BCUT2D eigenvalue weighted by Crippen LogP contribution is 2.25. The number of carbonyl (C=O) groups excluding carboxylic acids is 2. The summed E-state index contributed by atoms with van der Waals surface area (Å²) in [5.41, 5.74) is 1.91. The van der Waals surface area contributed by atoms with Crippen LogP contribution in [-0.2, 0) is 32.1 Å². The Morgan fingerprint density at radius 1 is 1.18 bits per heavy atom. The fourth-order valence-corrected chi connectivity index (χ4v) is 5.06. The van der Waals surface area contributed by atoms with Crippen molar-refractivity contribution in [3.63, 3.8) is 0 Å². The fraction of sp³-hybridized carbons (Fsp3) is 0.654. The second kappa shape index (κ2) is 12.9. The molecule has 34 heavy (non-hydrogen) atoms. The van der Waals surface area contributed by atoms with Crippen LogP contribution in [-0.4, -0.2) is 65.7 Å². The molecule has 8 nitrogen and oxygen atoms in total. The number of carbonyl (C=O) groups is 3. The smallest absolute Gasteiger partial charge is 0.326 e.